The Labute approximate surface area is 212 Å². The van der Waals surface area contributed by atoms with E-state index in [0.29, 0.717) is 31.6 Å². The Kier molecular flexibility index (Phi) is 8.18. The van der Waals surface area contributed by atoms with Crippen LogP contribution in [0.2, 0.25) is 0 Å². The molecule has 0 bridgehead atoms. The first-order valence-electron chi connectivity index (χ1n) is 11.2. The smallest absolute Gasteiger partial charge is 0.355 e. The number of nitrogens with zero attached hydrogens (tertiary/aromatic N) is 5. The van der Waals surface area contributed by atoms with E-state index in [0.717, 1.165) is 41.0 Å². The van der Waals surface area contributed by atoms with Gasteiger partial charge in [-0.25, -0.2) is 4.39 Å². The molecule has 0 unspecified atom stereocenters. The highest BCUT2D eigenvalue weighted by Gasteiger charge is 2.37. The lowest BCUT2D eigenvalue weighted by Crippen LogP contribution is -2.46. The zero-order chi connectivity index (χ0) is 25.3. The van der Waals surface area contributed by atoms with Crippen LogP contribution >= 0.6 is 12.4 Å². The second-order valence-electron chi connectivity index (χ2n) is 8.68. The van der Waals surface area contributed by atoms with Gasteiger partial charge in [0, 0.05) is 44.1 Å². The average Bonchev–Trinajstić information content (AvgIpc) is 2.85. The molecule has 0 atom stereocenters. The van der Waals surface area contributed by atoms with Crippen LogP contribution in [0.5, 0.6) is 0 Å². The maximum absolute atomic E-state index is 13.3. The van der Waals surface area contributed by atoms with Gasteiger partial charge in [-0.3, -0.25) is 9.78 Å². The SMILES string of the molecule is Cc1c(-c2ccc(F)cc2)nnc(N2CCC(N(C)C(=O)c3cnccc3C(F)(F)F)CC2)c1C.Cl. The number of anilines is 1. The molecule has 3 aromatic rings. The first-order chi connectivity index (χ1) is 16.6. The summed E-state index contributed by atoms with van der Waals surface area (Å²) in [6.07, 6.45) is -1.48. The molecular weight excluding hydrogens is 498 g/mol. The monoisotopic (exact) mass is 523 g/mol. The molecule has 1 aliphatic heterocycles. The Morgan fingerprint density at radius 1 is 1.03 bits per heavy atom. The highest BCUT2D eigenvalue weighted by atomic mass is 35.5. The molecule has 0 N–H and O–H groups in total. The van der Waals surface area contributed by atoms with Crippen LogP contribution in [0.25, 0.3) is 11.3 Å². The van der Waals surface area contributed by atoms with Gasteiger partial charge in [-0.15, -0.1) is 22.6 Å². The minimum Gasteiger partial charge on any atom is -0.355 e. The molecule has 1 aliphatic rings. The van der Waals surface area contributed by atoms with Gasteiger partial charge in [0.05, 0.1) is 16.8 Å². The summed E-state index contributed by atoms with van der Waals surface area (Å²) < 4.78 is 53.3. The number of benzene rings is 1. The second-order valence-corrected chi connectivity index (χ2v) is 8.68. The number of hydrogen-bond acceptors (Lipinski definition) is 5. The molecule has 1 fully saturated rings. The van der Waals surface area contributed by atoms with Crippen molar-refractivity contribution in [1.29, 1.82) is 0 Å². The number of carbonyl (C=O) groups excluding carboxylic acids is 1. The minimum atomic E-state index is -4.63. The van der Waals surface area contributed by atoms with Crippen molar-refractivity contribution in [3.8, 4) is 11.3 Å². The van der Waals surface area contributed by atoms with Gasteiger partial charge in [-0.2, -0.15) is 13.2 Å². The lowest BCUT2D eigenvalue weighted by molar-refractivity contribution is -0.138. The normalized spacial score (nSPS) is 14.4. The van der Waals surface area contributed by atoms with Crippen molar-refractivity contribution in [2.75, 3.05) is 25.0 Å². The van der Waals surface area contributed by atoms with Crippen molar-refractivity contribution in [3.05, 3.63) is 70.8 Å². The van der Waals surface area contributed by atoms with Gasteiger partial charge in [-0.1, -0.05) is 0 Å². The Hall–Kier alpha value is -3.27. The molecule has 11 heteroatoms. The predicted octanol–water partition coefficient (Wildman–Crippen LogP) is 5.48. The summed E-state index contributed by atoms with van der Waals surface area (Å²) in [7, 11) is 1.53. The van der Waals surface area contributed by atoms with Gasteiger partial charge in [0.25, 0.3) is 5.91 Å². The topological polar surface area (TPSA) is 62.2 Å². The van der Waals surface area contributed by atoms with Crippen molar-refractivity contribution in [1.82, 2.24) is 20.1 Å². The molecule has 6 nitrogen and oxygen atoms in total. The fourth-order valence-electron chi connectivity index (χ4n) is 4.41. The van der Waals surface area contributed by atoms with Crippen molar-refractivity contribution in [3.63, 3.8) is 0 Å². The summed E-state index contributed by atoms with van der Waals surface area (Å²) in [6, 6.07) is 6.69. The van der Waals surface area contributed by atoms with Crippen molar-refractivity contribution < 1.29 is 22.4 Å². The molecule has 4 rings (SSSR count). The van der Waals surface area contributed by atoms with Gasteiger partial charge in [0.1, 0.15) is 5.82 Å². The largest absolute Gasteiger partial charge is 0.417 e. The van der Waals surface area contributed by atoms with Crippen LogP contribution in [0.4, 0.5) is 23.4 Å². The van der Waals surface area contributed by atoms with Crippen molar-refractivity contribution in [2.45, 2.75) is 38.9 Å². The van der Waals surface area contributed by atoms with Crippen LogP contribution in [0.3, 0.4) is 0 Å². The minimum absolute atomic E-state index is 0. The van der Waals surface area contributed by atoms with E-state index in [1.807, 2.05) is 13.8 Å². The van der Waals surface area contributed by atoms with Gasteiger partial charge in [-0.05, 0) is 68.1 Å². The van der Waals surface area contributed by atoms with Crippen LogP contribution in [0.15, 0.2) is 42.7 Å². The molecule has 1 amide bonds. The highest BCUT2D eigenvalue weighted by Crippen LogP contribution is 2.33. The number of halogens is 5. The van der Waals surface area contributed by atoms with E-state index in [2.05, 4.69) is 20.1 Å². The number of aromatic nitrogens is 3. The van der Waals surface area contributed by atoms with Crippen LogP contribution in [0, 0.1) is 19.7 Å². The van der Waals surface area contributed by atoms with E-state index >= 15 is 0 Å². The number of alkyl halides is 3. The zero-order valence-electron chi connectivity index (χ0n) is 20.0. The number of hydrogen-bond donors (Lipinski definition) is 0. The Morgan fingerprint density at radius 3 is 2.28 bits per heavy atom. The summed E-state index contributed by atoms with van der Waals surface area (Å²) >= 11 is 0. The van der Waals surface area contributed by atoms with Gasteiger partial charge < -0.3 is 9.80 Å². The van der Waals surface area contributed by atoms with Crippen molar-refractivity contribution in [2.24, 2.45) is 0 Å². The van der Waals surface area contributed by atoms with Crippen LogP contribution < -0.4 is 4.90 Å². The average molecular weight is 524 g/mol. The third kappa shape index (κ3) is 5.43. The first-order valence-corrected chi connectivity index (χ1v) is 11.2. The van der Waals surface area contributed by atoms with Crippen molar-refractivity contribution >= 4 is 24.1 Å². The van der Waals surface area contributed by atoms with Crippen LogP contribution in [-0.2, 0) is 6.18 Å². The summed E-state index contributed by atoms with van der Waals surface area (Å²) in [4.78, 5) is 20.1. The molecule has 0 radical (unpaired) electrons. The summed E-state index contributed by atoms with van der Waals surface area (Å²) in [5.41, 5.74) is 1.92. The molecule has 36 heavy (non-hydrogen) atoms. The van der Waals surface area contributed by atoms with Gasteiger partial charge in [0.2, 0.25) is 0 Å². The van der Waals surface area contributed by atoms with E-state index in [-0.39, 0.29) is 24.3 Å². The molecule has 1 saturated heterocycles. The maximum Gasteiger partial charge on any atom is 0.417 e. The van der Waals surface area contributed by atoms with Gasteiger partial charge >= 0.3 is 6.18 Å². The third-order valence-electron chi connectivity index (χ3n) is 6.60. The van der Waals surface area contributed by atoms with Crippen LogP contribution in [0.1, 0.15) is 39.9 Å². The first kappa shape index (κ1) is 27.3. The Morgan fingerprint density at radius 2 is 1.67 bits per heavy atom. The van der Waals surface area contributed by atoms with E-state index in [1.54, 1.807) is 12.1 Å². The molecular formula is C25H26ClF4N5O. The number of rotatable bonds is 4. The van der Waals surface area contributed by atoms with E-state index in [4.69, 9.17) is 0 Å². The quantitative estimate of drug-likeness (QED) is 0.424. The molecule has 0 saturated carbocycles. The summed E-state index contributed by atoms with van der Waals surface area (Å²) in [5, 5.41) is 8.80. The Bertz CT molecular complexity index is 1230. The molecule has 2 aromatic heterocycles. The predicted molar refractivity (Wildman–Crippen MR) is 131 cm³/mol. The highest BCUT2D eigenvalue weighted by molar-refractivity contribution is 5.95. The zero-order valence-corrected chi connectivity index (χ0v) is 20.8. The summed E-state index contributed by atoms with van der Waals surface area (Å²) in [5.74, 6) is -0.288. The maximum atomic E-state index is 13.3. The lowest BCUT2D eigenvalue weighted by atomic mass is 10.00. The van der Waals surface area contributed by atoms with Crippen LogP contribution in [-0.4, -0.2) is 52.2 Å². The number of piperidine rings is 1. The van der Waals surface area contributed by atoms with E-state index in [1.165, 1.54) is 24.1 Å². The lowest BCUT2D eigenvalue weighted by Gasteiger charge is -2.38. The van der Waals surface area contributed by atoms with E-state index in [9.17, 15) is 22.4 Å². The Balaban J connectivity index is 0.00000361. The molecule has 3 heterocycles. The number of amides is 1. The number of pyridine rings is 1. The molecule has 0 aliphatic carbocycles. The second kappa shape index (κ2) is 10.8. The molecule has 0 spiro atoms. The fraction of sp³-hybridized carbons (Fsp3) is 0.360. The number of carbonyl (C=O) groups is 1. The van der Waals surface area contributed by atoms with E-state index < -0.39 is 23.2 Å². The third-order valence-corrected chi connectivity index (χ3v) is 6.60. The standard InChI is InChI=1S/C25H25F4N5O.ClH/c1-15-16(2)23(32-31-22(15)17-4-6-18(26)7-5-17)34-12-9-19(10-13-34)33(3)24(35)20-14-30-11-8-21(20)25(27,28)29;/h4-8,11,14,19H,9-10,12-13H2,1-3H3;1H. The summed E-state index contributed by atoms with van der Waals surface area (Å²) in [6.45, 7) is 5.05. The fourth-order valence-corrected chi connectivity index (χ4v) is 4.41. The molecule has 192 valence electrons. The molecule has 1 aromatic carbocycles. The van der Waals surface area contributed by atoms with Gasteiger partial charge in [0.15, 0.2) is 5.82 Å².